The van der Waals surface area contributed by atoms with Gasteiger partial charge in [-0.05, 0) is 46.0 Å². The Labute approximate surface area is 102 Å². The van der Waals surface area contributed by atoms with Crippen molar-refractivity contribution in [2.45, 2.75) is 45.6 Å². The highest BCUT2D eigenvalue weighted by molar-refractivity contribution is 5.70. The van der Waals surface area contributed by atoms with E-state index >= 15 is 0 Å². The Morgan fingerprint density at radius 2 is 2.00 bits per heavy atom. The first-order chi connectivity index (χ1) is 7.78. The van der Waals surface area contributed by atoms with Crippen LogP contribution in [0, 0.1) is 11.8 Å². The van der Waals surface area contributed by atoms with Gasteiger partial charge in [0.1, 0.15) is 5.60 Å². The van der Waals surface area contributed by atoms with Gasteiger partial charge in [-0.3, -0.25) is 4.79 Å². The number of carboxylic acid groups (broad SMARTS) is 1. The van der Waals surface area contributed by atoms with Crippen LogP contribution in [-0.2, 0) is 9.53 Å². The molecule has 0 heterocycles. The zero-order valence-electron chi connectivity index (χ0n) is 10.7. The molecule has 0 aromatic heterocycles. The van der Waals surface area contributed by atoms with E-state index in [9.17, 15) is 9.59 Å². The highest BCUT2D eigenvalue weighted by Crippen LogP contribution is 2.30. The van der Waals surface area contributed by atoms with Gasteiger partial charge in [0.25, 0.3) is 0 Å². The molecule has 98 valence electrons. The van der Waals surface area contributed by atoms with E-state index in [-0.39, 0.29) is 11.8 Å². The van der Waals surface area contributed by atoms with Gasteiger partial charge in [0.2, 0.25) is 0 Å². The van der Waals surface area contributed by atoms with Crippen LogP contribution in [0.2, 0.25) is 0 Å². The van der Waals surface area contributed by atoms with Gasteiger partial charge in [0.15, 0.2) is 0 Å². The molecule has 0 bridgehead atoms. The van der Waals surface area contributed by atoms with Gasteiger partial charge in [-0.25, -0.2) is 4.79 Å². The number of ether oxygens (including phenoxy) is 1. The topological polar surface area (TPSA) is 75.6 Å². The summed E-state index contributed by atoms with van der Waals surface area (Å²) in [6, 6.07) is 0. The summed E-state index contributed by atoms with van der Waals surface area (Å²) in [6.07, 6.45) is 1.77. The van der Waals surface area contributed by atoms with E-state index in [0.29, 0.717) is 19.4 Å². The molecule has 0 spiro atoms. The number of carboxylic acids is 1. The first-order valence-corrected chi connectivity index (χ1v) is 5.97. The van der Waals surface area contributed by atoms with Crippen molar-refractivity contribution in [1.29, 1.82) is 0 Å². The van der Waals surface area contributed by atoms with Crippen molar-refractivity contribution >= 4 is 12.1 Å². The summed E-state index contributed by atoms with van der Waals surface area (Å²) in [6.45, 7) is 5.92. The Hall–Kier alpha value is -1.26. The normalized spacial score (nSPS) is 24.4. The average molecular weight is 243 g/mol. The van der Waals surface area contributed by atoms with Gasteiger partial charge < -0.3 is 15.2 Å². The molecule has 1 aliphatic carbocycles. The summed E-state index contributed by atoms with van der Waals surface area (Å²) < 4.78 is 5.11. The molecule has 1 amide bonds. The number of hydrogen-bond donors (Lipinski definition) is 2. The Bertz CT molecular complexity index is 295. The molecule has 2 N–H and O–H groups in total. The summed E-state index contributed by atoms with van der Waals surface area (Å²) in [4.78, 5) is 22.1. The largest absolute Gasteiger partial charge is 0.481 e. The molecule has 0 unspecified atom stereocenters. The van der Waals surface area contributed by atoms with Crippen molar-refractivity contribution in [2.75, 3.05) is 6.54 Å². The maximum absolute atomic E-state index is 11.4. The fraction of sp³-hybridized carbons (Fsp3) is 0.833. The third kappa shape index (κ3) is 5.06. The van der Waals surface area contributed by atoms with E-state index in [1.165, 1.54) is 0 Å². The second-order valence-electron chi connectivity index (χ2n) is 5.60. The van der Waals surface area contributed by atoms with Crippen LogP contribution >= 0.6 is 0 Å². The van der Waals surface area contributed by atoms with Gasteiger partial charge in [0.05, 0.1) is 5.92 Å². The van der Waals surface area contributed by atoms with Gasteiger partial charge in [0, 0.05) is 6.54 Å². The lowest BCUT2D eigenvalue weighted by atomic mass is 10.1. The van der Waals surface area contributed by atoms with E-state index in [2.05, 4.69) is 5.32 Å². The number of aliphatic carboxylic acids is 1. The Morgan fingerprint density at radius 3 is 2.47 bits per heavy atom. The zero-order chi connectivity index (χ0) is 13.1. The maximum atomic E-state index is 11.4. The number of rotatable bonds is 3. The molecule has 1 fully saturated rings. The number of carbonyl (C=O) groups excluding carboxylic acids is 1. The molecule has 17 heavy (non-hydrogen) atoms. The van der Waals surface area contributed by atoms with Crippen molar-refractivity contribution in [2.24, 2.45) is 11.8 Å². The smallest absolute Gasteiger partial charge is 0.407 e. The highest BCUT2D eigenvalue weighted by Gasteiger charge is 2.30. The van der Waals surface area contributed by atoms with Crippen LogP contribution in [0.4, 0.5) is 4.79 Å². The minimum absolute atomic E-state index is 0.250. The number of nitrogens with one attached hydrogen (secondary N) is 1. The van der Waals surface area contributed by atoms with Gasteiger partial charge in [-0.15, -0.1) is 0 Å². The van der Waals surface area contributed by atoms with Crippen molar-refractivity contribution in [1.82, 2.24) is 5.32 Å². The lowest BCUT2D eigenvalue weighted by molar-refractivity contribution is -0.141. The standard InChI is InChI=1S/C12H21NO4/c1-12(2,3)17-11(16)13-7-8-4-5-9(6-8)10(14)15/h8-9H,4-7H2,1-3H3,(H,13,16)(H,14,15)/t8-,9+/m1/s1. The molecule has 2 atom stereocenters. The SMILES string of the molecule is CC(C)(C)OC(=O)NC[C@@H]1CC[C@H](C(=O)O)C1. The van der Waals surface area contributed by atoms with Crippen LogP contribution in [0.1, 0.15) is 40.0 Å². The van der Waals surface area contributed by atoms with Crippen molar-refractivity contribution in [3.63, 3.8) is 0 Å². The summed E-state index contributed by atoms with van der Waals surface area (Å²) >= 11 is 0. The van der Waals surface area contributed by atoms with E-state index in [4.69, 9.17) is 9.84 Å². The molecular weight excluding hydrogens is 222 g/mol. The van der Waals surface area contributed by atoms with Gasteiger partial charge in [-0.1, -0.05) is 0 Å². The van der Waals surface area contributed by atoms with Crippen molar-refractivity contribution < 1.29 is 19.4 Å². The van der Waals surface area contributed by atoms with Crippen molar-refractivity contribution in [3.05, 3.63) is 0 Å². The molecule has 1 saturated carbocycles. The predicted molar refractivity (Wildman–Crippen MR) is 62.7 cm³/mol. The fourth-order valence-corrected chi connectivity index (χ4v) is 2.03. The Morgan fingerprint density at radius 1 is 1.35 bits per heavy atom. The summed E-state index contributed by atoms with van der Waals surface area (Å²) in [5.41, 5.74) is -0.497. The summed E-state index contributed by atoms with van der Waals surface area (Å²) in [5.74, 6) is -0.728. The molecule has 0 saturated heterocycles. The zero-order valence-corrected chi connectivity index (χ0v) is 10.7. The average Bonchev–Trinajstić information content (AvgIpc) is 2.60. The Balaban J connectivity index is 2.24. The molecular formula is C12H21NO4. The lowest BCUT2D eigenvalue weighted by Crippen LogP contribution is -2.35. The molecule has 0 radical (unpaired) electrons. The summed E-state index contributed by atoms with van der Waals surface area (Å²) in [7, 11) is 0. The van der Waals surface area contributed by atoms with Crippen molar-refractivity contribution in [3.8, 4) is 0 Å². The van der Waals surface area contributed by atoms with Gasteiger partial charge >= 0.3 is 12.1 Å². The molecule has 0 aromatic carbocycles. The molecule has 5 nitrogen and oxygen atoms in total. The fourth-order valence-electron chi connectivity index (χ4n) is 2.03. The van der Waals surface area contributed by atoms with Crippen LogP contribution in [0.15, 0.2) is 0 Å². The van der Waals surface area contributed by atoms with Crippen LogP contribution in [0.3, 0.4) is 0 Å². The number of amides is 1. The number of alkyl carbamates (subject to hydrolysis) is 1. The third-order valence-corrected chi connectivity index (χ3v) is 2.82. The maximum Gasteiger partial charge on any atom is 0.407 e. The third-order valence-electron chi connectivity index (χ3n) is 2.82. The molecule has 0 aliphatic heterocycles. The predicted octanol–water partition coefficient (Wildman–Crippen LogP) is 2.01. The molecule has 1 rings (SSSR count). The number of carbonyl (C=O) groups is 2. The summed E-state index contributed by atoms with van der Waals surface area (Å²) in [5, 5.41) is 11.5. The second kappa shape index (κ2) is 5.38. The first kappa shape index (κ1) is 13.8. The van der Waals surface area contributed by atoms with E-state index in [1.807, 2.05) is 20.8 Å². The van der Waals surface area contributed by atoms with Crippen LogP contribution in [0.25, 0.3) is 0 Å². The minimum atomic E-state index is -0.732. The van der Waals surface area contributed by atoms with Crippen LogP contribution in [-0.4, -0.2) is 29.3 Å². The minimum Gasteiger partial charge on any atom is -0.481 e. The lowest BCUT2D eigenvalue weighted by Gasteiger charge is -2.20. The molecule has 1 aliphatic rings. The highest BCUT2D eigenvalue weighted by atomic mass is 16.6. The van der Waals surface area contributed by atoms with Crippen LogP contribution < -0.4 is 5.32 Å². The Kier molecular flexibility index (Phi) is 4.37. The quantitative estimate of drug-likeness (QED) is 0.795. The first-order valence-electron chi connectivity index (χ1n) is 5.97. The molecule has 0 aromatic rings. The second-order valence-corrected chi connectivity index (χ2v) is 5.60. The van der Waals surface area contributed by atoms with E-state index in [0.717, 1.165) is 6.42 Å². The van der Waals surface area contributed by atoms with Crippen LogP contribution in [0.5, 0.6) is 0 Å². The molecule has 5 heteroatoms. The van der Waals surface area contributed by atoms with E-state index in [1.54, 1.807) is 0 Å². The number of hydrogen-bond acceptors (Lipinski definition) is 3. The van der Waals surface area contributed by atoms with E-state index < -0.39 is 17.7 Å². The monoisotopic (exact) mass is 243 g/mol. The van der Waals surface area contributed by atoms with Gasteiger partial charge in [-0.2, -0.15) is 0 Å².